The topological polar surface area (TPSA) is 504 Å². The number of benzene rings is 5. The van der Waals surface area contributed by atoms with Gasteiger partial charge in [-0.2, -0.15) is 39.5 Å². The van der Waals surface area contributed by atoms with Crippen LogP contribution in [0.1, 0.15) is 116 Å². The summed E-state index contributed by atoms with van der Waals surface area (Å²) in [6.07, 6.45) is 4.95. The second-order valence-electron chi connectivity index (χ2n) is 25.5. The molecule has 0 aromatic heterocycles. The highest BCUT2D eigenvalue weighted by Crippen LogP contribution is 2.35. The molecule has 135 heavy (non-hydrogen) atoms. The largest absolute Gasteiger partial charge is 0.547 e. The standard InChI is InChI=1S/C17H19I3NO6S.C15H17I3NO6S.C14H12F3I3NO6S.C13H10F3I3NO6S.C12H8F3I3NO6S/c1-28(24,25)21-6-7-26-16(22)10-2-4-12(5-3-10)27-17(23)13-8-11(18)9-14(19)15(13)20;1-26(22,23)19-5-7-24-13(20)4-2-3-6-25-15(21)11-8-10(16)9-12(17)14(11)18;15-14(16,17)28(24,25)21-3-5-26-11(22)2-1-4-27-13(23)9-6-8(18)7-10(19)12(9)20;14-13(15,16)27(23,24)20-2-4-25-10(21)1-3-26-12(22)8-5-7(17)6-9(18)11(8)19;13-12(14,15)26(22,23)19-1-2-24-9(20)5-25-11(21)7-3-6(16)4-8(17)10(7)18/h8-10,12H,2-7H2,1H3;8-9H,2-7H2,1H3;6-7H,1-5H2;5-6H,1-4H2;3-4H,1-2,5H2/q5*-1. The Bertz CT molecular complexity index is 5610. The van der Waals surface area contributed by atoms with Gasteiger partial charge in [0.2, 0.25) is 0 Å². The van der Waals surface area contributed by atoms with Crippen LogP contribution in [0.25, 0.3) is 23.6 Å². The van der Waals surface area contributed by atoms with E-state index in [1.807, 2.05) is 172 Å². The zero-order valence-corrected chi connectivity index (χ0v) is 104. The number of unbranched alkanes of at least 4 members (excludes halogenated alkanes) is 1. The van der Waals surface area contributed by atoms with Crippen LogP contribution in [0.15, 0.2) is 60.7 Å². The molecule has 35 nitrogen and oxygen atoms in total. The molecule has 0 N–H and O–H groups in total. The maximum absolute atomic E-state index is 12.5. The number of nitrogens with zero attached hydrogens (tertiary/aromatic N) is 5. The van der Waals surface area contributed by atoms with Crippen molar-refractivity contribution in [2.75, 3.05) is 105 Å². The molecule has 0 unspecified atom stereocenters. The van der Waals surface area contributed by atoms with Crippen molar-refractivity contribution < 1.29 is 177 Å². The lowest BCUT2D eigenvalue weighted by molar-refractivity contribution is -0.150. The number of carbonyl (C=O) groups excluding carboxylic acids is 10. The average Bonchev–Trinajstić information content (AvgIpc) is 0.822. The molecular weight excluding hydrogens is 3640 g/mol. The molecule has 1 saturated carbocycles. The first-order valence-electron chi connectivity index (χ1n) is 36.4. The summed E-state index contributed by atoms with van der Waals surface area (Å²) in [5.41, 5.74) is -14.4. The third kappa shape index (κ3) is 52.9. The summed E-state index contributed by atoms with van der Waals surface area (Å²) in [6.45, 7) is -5.70. The van der Waals surface area contributed by atoms with Crippen molar-refractivity contribution in [2.45, 2.75) is 86.8 Å². The molecule has 0 amide bonds. The van der Waals surface area contributed by atoms with E-state index >= 15 is 0 Å². The van der Waals surface area contributed by atoms with Gasteiger partial charge in [0, 0.05) is 78.9 Å². The maximum Gasteiger partial charge on any atom is 0.480 e. The minimum Gasteiger partial charge on any atom is -0.547 e. The number of hydrogen-bond acceptors (Lipinski definition) is 30. The van der Waals surface area contributed by atoms with Gasteiger partial charge >= 0.3 is 76.2 Å². The summed E-state index contributed by atoms with van der Waals surface area (Å²) < 4.78 is 292. The van der Waals surface area contributed by atoms with Crippen LogP contribution in [0.3, 0.4) is 0 Å². The van der Waals surface area contributed by atoms with Gasteiger partial charge in [-0.1, -0.05) is 0 Å². The molecule has 0 atom stereocenters. The monoisotopic (exact) mass is 3700 g/mol. The van der Waals surface area contributed by atoms with Crippen molar-refractivity contribution in [1.82, 2.24) is 0 Å². The van der Waals surface area contributed by atoms with Crippen molar-refractivity contribution >= 4 is 449 Å². The fourth-order valence-electron chi connectivity index (χ4n) is 8.99. The van der Waals surface area contributed by atoms with E-state index in [2.05, 4.69) is 241 Å². The van der Waals surface area contributed by atoms with E-state index in [-0.39, 0.29) is 107 Å². The lowest BCUT2D eigenvalue weighted by atomic mass is 9.87. The van der Waals surface area contributed by atoms with Crippen molar-refractivity contribution in [3.05, 3.63) is 166 Å². The second kappa shape index (κ2) is 64.2. The SMILES string of the molecule is CS(=O)(=O)[N-]CCOC(=O)C1CCC(OC(=O)c2cc(I)cc(I)c2I)CC1.CS(=O)(=O)[N-]CCOC(=O)CCCCOC(=O)c1cc(I)cc(I)c1I.O=C(CCCOC(=O)c1cc(I)cc(I)c1I)OCC[N-]S(=O)(=O)C(F)(F)F.O=C(CCOC(=O)c1cc(I)cc(I)c1I)OCC[N-]S(=O)(=O)C(F)(F)F.O=C(COC(=O)c1cc(I)cc(I)c1I)OCC[N-]S(=O)(=O)C(F)(F)F. The van der Waals surface area contributed by atoms with E-state index in [1.54, 1.807) is 24.3 Å². The summed E-state index contributed by atoms with van der Waals surface area (Å²) in [5, 5.41) is 0. The summed E-state index contributed by atoms with van der Waals surface area (Å²) >= 11 is 31.3. The number of carbonyl (C=O) groups is 10. The van der Waals surface area contributed by atoms with Crippen LogP contribution in [0, 0.1) is 59.5 Å². The quantitative estimate of drug-likeness (QED) is 0.00875. The number of sulfonamides is 5. The highest BCUT2D eigenvalue weighted by atomic mass is 127. The van der Waals surface area contributed by atoms with Crippen LogP contribution in [-0.2, 0) is 121 Å². The van der Waals surface area contributed by atoms with E-state index in [0.717, 1.165) is 58.9 Å². The molecule has 1 aliphatic carbocycles. The van der Waals surface area contributed by atoms with Crippen LogP contribution in [0.5, 0.6) is 0 Å². The van der Waals surface area contributed by atoms with Crippen molar-refractivity contribution in [1.29, 1.82) is 0 Å². The Morgan fingerprint density at radius 2 is 0.563 bits per heavy atom. The van der Waals surface area contributed by atoms with Gasteiger partial charge in [-0.05, 0) is 444 Å². The Hall–Kier alpha value is 0.670. The highest BCUT2D eigenvalue weighted by Gasteiger charge is 2.41. The van der Waals surface area contributed by atoms with Crippen LogP contribution in [-0.4, -0.2) is 229 Å². The fourth-order valence-corrected chi connectivity index (χ4v) is 23.1. The Balaban J connectivity index is 0.000000571. The van der Waals surface area contributed by atoms with Gasteiger partial charge in [0.05, 0.1) is 106 Å². The normalized spacial score (nSPS) is 13.4. The van der Waals surface area contributed by atoms with Crippen molar-refractivity contribution in [3.8, 4) is 0 Å². The molecule has 758 valence electrons. The molecule has 1 aliphatic rings. The first-order chi connectivity index (χ1) is 62.2. The van der Waals surface area contributed by atoms with Gasteiger partial charge in [-0.25, -0.2) is 70.9 Å². The van der Waals surface area contributed by atoms with Crippen molar-refractivity contribution in [2.24, 2.45) is 5.92 Å². The Morgan fingerprint density at radius 3 is 0.874 bits per heavy atom. The van der Waals surface area contributed by atoms with Crippen LogP contribution in [0.2, 0.25) is 0 Å². The predicted molar refractivity (Wildman–Crippen MR) is 593 cm³/mol. The fraction of sp³-hybridized carbons (Fsp3) is 0.437. The van der Waals surface area contributed by atoms with E-state index in [4.69, 9.17) is 33.2 Å². The molecule has 0 aliphatic heterocycles. The summed E-state index contributed by atoms with van der Waals surface area (Å²) in [6, 6.07) is 18.1. The first-order valence-corrected chi connectivity index (χ1v) is 60.6. The number of alkyl halides is 9. The second-order valence-corrected chi connectivity index (χ2v) is 51.4. The van der Waals surface area contributed by atoms with Crippen LogP contribution >= 0.6 is 339 Å². The van der Waals surface area contributed by atoms with Gasteiger partial charge in [0.15, 0.2) is 36.7 Å². The third-order valence-corrected chi connectivity index (χ3v) is 38.0. The van der Waals surface area contributed by atoms with E-state index < -0.39 is 154 Å². The predicted octanol–water partition coefficient (Wildman–Crippen LogP) is 19.2. The zero-order valence-electron chi connectivity index (χ0n) is 68.0. The molecule has 5 aromatic carbocycles. The number of ether oxygens (including phenoxy) is 10. The minimum absolute atomic E-state index is 0.0511. The number of hydrogen-bond donors (Lipinski definition) is 0. The maximum atomic E-state index is 12.5. The lowest BCUT2D eigenvalue weighted by Crippen LogP contribution is -2.29. The molecule has 5 aromatic rings. The van der Waals surface area contributed by atoms with E-state index in [9.17, 15) is 130 Å². The first kappa shape index (κ1) is 132. The Kier molecular flexibility index (Phi) is 62.6. The molecular formula is C71H66F9I15N5O30S5-5. The average molecular weight is 3700 g/mol. The van der Waals surface area contributed by atoms with Gasteiger partial charge in [0.1, 0.15) is 12.7 Å². The summed E-state index contributed by atoms with van der Waals surface area (Å²) in [5.74, 6) is -6.38. The van der Waals surface area contributed by atoms with E-state index in [0.29, 0.717) is 67.9 Å². The highest BCUT2D eigenvalue weighted by molar-refractivity contribution is 14.1. The van der Waals surface area contributed by atoms with Crippen LogP contribution < -0.4 is 0 Å². The molecule has 64 heteroatoms. The number of halogens is 24. The smallest absolute Gasteiger partial charge is 0.480 e. The molecule has 1 fully saturated rings. The molecule has 0 saturated heterocycles. The molecule has 6 rings (SSSR count). The molecule has 0 bridgehead atoms. The van der Waals surface area contributed by atoms with E-state index in [1.165, 1.54) is 0 Å². The van der Waals surface area contributed by atoms with Gasteiger partial charge in [-0.15, -0.1) is 32.7 Å². The molecule has 0 radical (unpaired) electrons. The Morgan fingerprint density at radius 1 is 0.304 bits per heavy atom. The molecule has 0 heterocycles. The van der Waals surface area contributed by atoms with Gasteiger partial charge in [0.25, 0.3) is 0 Å². The minimum atomic E-state index is -5.62. The lowest BCUT2D eigenvalue weighted by Gasteiger charge is -2.27. The van der Waals surface area contributed by atoms with Crippen LogP contribution in [0.4, 0.5) is 39.5 Å². The Labute approximate surface area is 972 Å². The molecule has 0 spiro atoms. The number of rotatable bonds is 41. The zero-order chi connectivity index (χ0) is 103. The van der Waals surface area contributed by atoms with Gasteiger partial charge in [-0.3, -0.25) is 19.2 Å². The summed E-state index contributed by atoms with van der Waals surface area (Å²) in [7, 11) is -23.6. The van der Waals surface area contributed by atoms with Gasteiger partial charge < -0.3 is 71.0 Å². The van der Waals surface area contributed by atoms with Crippen molar-refractivity contribution in [3.63, 3.8) is 0 Å². The number of esters is 10. The summed E-state index contributed by atoms with van der Waals surface area (Å²) in [4.78, 5) is 119. The third-order valence-electron chi connectivity index (χ3n) is 15.0.